The van der Waals surface area contributed by atoms with E-state index in [1.165, 1.54) is 29.5 Å². The summed E-state index contributed by atoms with van der Waals surface area (Å²) in [5, 5.41) is 0. The predicted molar refractivity (Wildman–Crippen MR) is 93.0 cm³/mol. The third-order valence-corrected chi connectivity index (χ3v) is 4.30. The Bertz CT molecular complexity index is 789. The van der Waals surface area contributed by atoms with Crippen LogP contribution in [0.25, 0.3) is 22.3 Å². The standard InChI is InChI=1S/C20H22N2/c1-4-15(5-2)16-10-14(3)11-17(12-16)20-13-21-18-8-6-7-9-19(18)22-20/h6-13,15H,4-5H2,1-3H3. The number of aromatic nitrogens is 2. The summed E-state index contributed by atoms with van der Waals surface area (Å²) in [7, 11) is 0. The van der Waals surface area contributed by atoms with Crippen LogP contribution in [0.2, 0.25) is 0 Å². The highest BCUT2D eigenvalue weighted by Crippen LogP contribution is 2.29. The van der Waals surface area contributed by atoms with E-state index < -0.39 is 0 Å². The van der Waals surface area contributed by atoms with Crippen LogP contribution >= 0.6 is 0 Å². The molecule has 0 aliphatic rings. The highest BCUT2D eigenvalue weighted by atomic mass is 14.8. The van der Waals surface area contributed by atoms with Gasteiger partial charge in [-0.15, -0.1) is 0 Å². The molecule has 22 heavy (non-hydrogen) atoms. The number of rotatable bonds is 4. The van der Waals surface area contributed by atoms with Crippen LogP contribution in [0.5, 0.6) is 0 Å². The molecule has 0 unspecified atom stereocenters. The van der Waals surface area contributed by atoms with Crippen molar-refractivity contribution in [2.75, 3.05) is 0 Å². The maximum atomic E-state index is 4.78. The Kier molecular flexibility index (Phi) is 4.19. The van der Waals surface area contributed by atoms with Crippen molar-refractivity contribution in [3.8, 4) is 11.3 Å². The van der Waals surface area contributed by atoms with Gasteiger partial charge in [0.25, 0.3) is 0 Å². The van der Waals surface area contributed by atoms with Crippen LogP contribution in [-0.4, -0.2) is 9.97 Å². The zero-order chi connectivity index (χ0) is 15.5. The zero-order valence-electron chi connectivity index (χ0n) is 13.5. The number of fused-ring (bicyclic) bond motifs is 1. The molecule has 0 radical (unpaired) electrons. The van der Waals surface area contributed by atoms with Gasteiger partial charge in [-0.05, 0) is 55.5 Å². The average molecular weight is 290 g/mol. The Balaban J connectivity index is 2.09. The van der Waals surface area contributed by atoms with Crippen molar-refractivity contribution in [3.63, 3.8) is 0 Å². The fourth-order valence-electron chi connectivity index (χ4n) is 3.05. The second-order valence-electron chi connectivity index (χ2n) is 5.89. The van der Waals surface area contributed by atoms with E-state index in [2.05, 4.69) is 44.0 Å². The van der Waals surface area contributed by atoms with Gasteiger partial charge >= 0.3 is 0 Å². The van der Waals surface area contributed by atoms with Gasteiger partial charge in [0.05, 0.1) is 22.9 Å². The lowest BCUT2D eigenvalue weighted by atomic mass is 9.91. The molecule has 0 aliphatic heterocycles. The van der Waals surface area contributed by atoms with Gasteiger partial charge in [0.1, 0.15) is 0 Å². The molecule has 0 amide bonds. The lowest BCUT2D eigenvalue weighted by Gasteiger charge is -2.15. The SMILES string of the molecule is CCC(CC)c1cc(C)cc(-c2cnc3ccccc3n2)c1. The van der Waals surface area contributed by atoms with E-state index in [0.29, 0.717) is 5.92 Å². The molecule has 3 rings (SSSR count). The molecule has 0 spiro atoms. The maximum absolute atomic E-state index is 4.78. The highest BCUT2D eigenvalue weighted by molar-refractivity contribution is 5.77. The van der Waals surface area contributed by atoms with Crippen LogP contribution in [0.4, 0.5) is 0 Å². The van der Waals surface area contributed by atoms with Crippen LogP contribution in [-0.2, 0) is 0 Å². The van der Waals surface area contributed by atoms with Gasteiger partial charge in [-0.1, -0.05) is 37.6 Å². The molecule has 1 heterocycles. The summed E-state index contributed by atoms with van der Waals surface area (Å²) in [6, 6.07) is 14.8. The Hall–Kier alpha value is -2.22. The minimum atomic E-state index is 0.618. The van der Waals surface area contributed by atoms with E-state index in [9.17, 15) is 0 Å². The third kappa shape index (κ3) is 2.87. The molecule has 0 bridgehead atoms. The zero-order valence-corrected chi connectivity index (χ0v) is 13.5. The van der Waals surface area contributed by atoms with Gasteiger partial charge in [-0.2, -0.15) is 0 Å². The summed E-state index contributed by atoms with van der Waals surface area (Å²) in [5.74, 6) is 0.618. The molecule has 0 fully saturated rings. The molecule has 3 aromatic rings. The Labute approximate surface area is 132 Å². The first-order valence-corrected chi connectivity index (χ1v) is 8.05. The van der Waals surface area contributed by atoms with E-state index in [4.69, 9.17) is 4.98 Å². The maximum Gasteiger partial charge on any atom is 0.0894 e. The smallest absolute Gasteiger partial charge is 0.0894 e. The highest BCUT2D eigenvalue weighted by Gasteiger charge is 2.10. The minimum absolute atomic E-state index is 0.618. The average Bonchev–Trinajstić information content (AvgIpc) is 2.55. The first-order valence-electron chi connectivity index (χ1n) is 8.05. The van der Waals surface area contributed by atoms with Gasteiger partial charge < -0.3 is 0 Å². The van der Waals surface area contributed by atoms with Crippen molar-refractivity contribution in [1.82, 2.24) is 9.97 Å². The summed E-state index contributed by atoms with van der Waals surface area (Å²) in [6.07, 6.45) is 4.22. The first kappa shape index (κ1) is 14.7. The summed E-state index contributed by atoms with van der Waals surface area (Å²) in [4.78, 5) is 9.32. The summed E-state index contributed by atoms with van der Waals surface area (Å²) in [5.41, 5.74) is 6.71. The van der Waals surface area contributed by atoms with Crippen molar-refractivity contribution < 1.29 is 0 Å². The van der Waals surface area contributed by atoms with Gasteiger partial charge in [0.15, 0.2) is 0 Å². The second-order valence-corrected chi connectivity index (χ2v) is 5.89. The molecule has 112 valence electrons. The minimum Gasteiger partial charge on any atom is -0.252 e. The van der Waals surface area contributed by atoms with Gasteiger partial charge in [0, 0.05) is 5.56 Å². The molecule has 1 aromatic heterocycles. The summed E-state index contributed by atoms with van der Waals surface area (Å²) < 4.78 is 0. The van der Waals surface area contributed by atoms with Crippen LogP contribution in [0.1, 0.15) is 43.7 Å². The van der Waals surface area contributed by atoms with Crippen LogP contribution < -0.4 is 0 Å². The molecule has 0 saturated carbocycles. The third-order valence-electron chi connectivity index (χ3n) is 4.30. The molecule has 0 atom stereocenters. The number of para-hydroxylation sites is 2. The second kappa shape index (κ2) is 6.27. The van der Waals surface area contributed by atoms with E-state index in [-0.39, 0.29) is 0 Å². The number of aryl methyl sites for hydroxylation is 1. The van der Waals surface area contributed by atoms with E-state index >= 15 is 0 Å². The monoisotopic (exact) mass is 290 g/mol. The van der Waals surface area contributed by atoms with Crippen molar-refractivity contribution in [2.45, 2.75) is 39.5 Å². The molecule has 0 N–H and O–H groups in total. The predicted octanol–water partition coefficient (Wildman–Crippen LogP) is 5.51. The summed E-state index contributed by atoms with van der Waals surface area (Å²) >= 11 is 0. The fourth-order valence-corrected chi connectivity index (χ4v) is 3.05. The van der Waals surface area contributed by atoms with E-state index in [1.807, 2.05) is 30.5 Å². The number of hydrogen-bond donors (Lipinski definition) is 0. The number of benzene rings is 2. The van der Waals surface area contributed by atoms with Gasteiger partial charge in [0.2, 0.25) is 0 Å². The summed E-state index contributed by atoms with van der Waals surface area (Å²) in [6.45, 7) is 6.67. The first-order chi connectivity index (χ1) is 10.7. The Morgan fingerprint density at radius 2 is 1.68 bits per heavy atom. The van der Waals surface area contributed by atoms with Crippen molar-refractivity contribution in [3.05, 3.63) is 59.8 Å². The Morgan fingerprint density at radius 1 is 0.955 bits per heavy atom. The molecular formula is C20H22N2. The van der Waals surface area contributed by atoms with Crippen LogP contribution in [0.15, 0.2) is 48.7 Å². The molecule has 2 heteroatoms. The lowest BCUT2D eigenvalue weighted by Crippen LogP contribution is -1.97. The molecule has 2 nitrogen and oxygen atoms in total. The van der Waals surface area contributed by atoms with Crippen LogP contribution in [0, 0.1) is 6.92 Å². The fraction of sp³-hybridized carbons (Fsp3) is 0.300. The van der Waals surface area contributed by atoms with Crippen LogP contribution in [0.3, 0.4) is 0 Å². The van der Waals surface area contributed by atoms with E-state index in [1.54, 1.807) is 0 Å². The molecule has 0 saturated heterocycles. The molecular weight excluding hydrogens is 268 g/mol. The lowest BCUT2D eigenvalue weighted by molar-refractivity contribution is 0.641. The number of hydrogen-bond acceptors (Lipinski definition) is 2. The van der Waals surface area contributed by atoms with E-state index in [0.717, 1.165) is 16.7 Å². The largest absolute Gasteiger partial charge is 0.252 e. The molecule has 2 aromatic carbocycles. The van der Waals surface area contributed by atoms with Crippen molar-refractivity contribution in [2.24, 2.45) is 0 Å². The molecule has 0 aliphatic carbocycles. The van der Waals surface area contributed by atoms with Gasteiger partial charge in [-0.25, -0.2) is 4.98 Å². The topological polar surface area (TPSA) is 25.8 Å². The normalized spacial score (nSPS) is 11.3. The van der Waals surface area contributed by atoms with Crippen molar-refractivity contribution in [1.29, 1.82) is 0 Å². The number of nitrogens with zero attached hydrogens (tertiary/aromatic N) is 2. The van der Waals surface area contributed by atoms with Crippen molar-refractivity contribution >= 4 is 11.0 Å². The quantitative estimate of drug-likeness (QED) is 0.633. The Morgan fingerprint density at radius 3 is 2.41 bits per heavy atom. The van der Waals surface area contributed by atoms with Gasteiger partial charge in [-0.3, -0.25) is 4.98 Å².